The van der Waals surface area contributed by atoms with Crippen molar-refractivity contribution >= 4 is 28.8 Å². The molecule has 0 aromatic heterocycles. The lowest BCUT2D eigenvalue weighted by Crippen LogP contribution is -2.13. The van der Waals surface area contributed by atoms with Crippen molar-refractivity contribution in [2.75, 3.05) is 46.8 Å². The fourth-order valence-electron chi connectivity index (χ4n) is 1.47. The largest absolute Gasteiger partial charge is 0.491 e. The molecule has 1 aromatic carbocycles. The zero-order valence-corrected chi connectivity index (χ0v) is 13.5. The molecule has 0 atom stereocenters. The van der Waals surface area contributed by atoms with Crippen molar-refractivity contribution in [3.05, 3.63) is 28.8 Å². The Balaban J connectivity index is 2.13. The molecule has 0 bridgehead atoms. The third-order valence-corrected chi connectivity index (χ3v) is 3.04. The predicted molar refractivity (Wildman–Crippen MR) is 86.3 cm³/mol. The monoisotopic (exact) mass is 333 g/mol. The summed E-state index contributed by atoms with van der Waals surface area (Å²) in [6.45, 7) is 3.13. The van der Waals surface area contributed by atoms with Gasteiger partial charge in [0.1, 0.15) is 17.3 Å². The van der Waals surface area contributed by atoms with Crippen LogP contribution in [0, 0.1) is 0 Å². The van der Waals surface area contributed by atoms with Crippen molar-refractivity contribution in [3.63, 3.8) is 0 Å². The molecule has 118 valence electrons. The van der Waals surface area contributed by atoms with Gasteiger partial charge in [0.05, 0.1) is 38.1 Å². The molecule has 0 fully saturated rings. The molecule has 1 aromatic rings. The van der Waals surface area contributed by atoms with E-state index in [9.17, 15) is 0 Å². The fourth-order valence-corrected chi connectivity index (χ4v) is 1.97. The Bertz CT molecular complexity index is 445. The minimum Gasteiger partial charge on any atom is -0.491 e. The van der Waals surface area contributed by atoms with Gasteiger partial charge in [-0.05, 0) is 18.2 Å². The number of rotatable bonds is 11. The van der Waals surface area contributed by atoms with Crippen LogP contribution in [0.25, 0.3) is 0 Å². The number of ether oxygens (including phenoxy) is 4. The van der Waals surface area contributed by atoms with Crippen molar-refractivity contribution in [2.45, 2.75) is 0 Å². The number of benzene rings is 1. The van der Waals surface area contributed by atoms with Crippen LogP contribution in [0.5, 0.6) is 5.75 Å². The molecule has 0 spiro atoms. The Morgan fingerprint density at radius 2 is 1.71 bits per heavy atom. The Morgan fingerprint density at radius 3 is 2.29 bits per heavy atom. The summed E-state index contributed by atoms with van der Waals surface area (Å²) in [5.41, 5.74) is 6.17. The van der Waals surface area contributed by atoms with Crippen LogP contribution in [0.2, 0.25) is 5.02 Å². The Kier molecular flexibility index (Phi) is 9.29. The lowest BCUT2D eigenvalue weighted by Gasteiger charge is -2.09. The van der Waals surface area contributed by atoms with Crippen molar-refractivity contribution in [3.8, 4) is 5.75 Å². The molecular formula is C14H20ClNO4S. The minimum atomic E-state index is 0.267. The zero-order chi connectivity index (χ0) is 15.5. The maximum atomic E-state index is 6.04. The first-order valence-corrected chi connectivity index (χ1v) is 7.30. The normalized spacial score (nSPS) is 10.6. The lowest BCUT2D eigenvalue weighted by molar-refractivity contribution is 0.0180. The van der Waals surface area contributed by atoms with Crippen LogP contribution >= 0.6 is 23.8 Å². The third-order valence-electron chi connectivity index (χ3n) is 2.51. The van der Waals surface area contributed by atoms with E-state index < -0.39 is 0 Å². The summed E-state index contributed by atoms with van der Waals surface area (Å²) >= 11 is 10.9. The van der Waals surface area contributed by atoms with Gasteiger partial charge >= 0.3 is 0 Å². The molecule has 7 heteroatoms. The van der Waals surface area contributed by atoms with Crippen molar-refractivity contribution in [2.24, 2.45) is 5.73 Å². The lowest BCUT2D eigenvalue weighted by atomic mass is 10.2. The number of thiocarbonyl (C=S) groups is 1. The second kappa shape index (κ2) is 10.8. The molecule has 5 nitrogen and oxygen atoms in total. The Morgan fingerprint density at radius 1 is 1.10 bits per heavy atom. The van der Waals surface area contributed by atoms with Crippen LogP contribution in [-0.4, -0.2) is 51.7 Å². The van der Waals surface area contributed by atoms with Crippen LogP contribution in [0.3, 0.4) is 0 Å². The second-order valence-corrected chi connectivity index (χ2v) is 4.92. The zero-order valence-electron chi connectivity index (χ0n) is 12.0. The van der Waals surface area contributed by atoms with Gasteiger partial charge in [0.15, 0.2) is 0 Å². The van der Waals surface area contributed by atoms with Gasteiger partial charge in [-0.15, -0.1) is 0 Å². The molecule has 0 aliphatic heterocycles. The highest BCUT2D eigenvalue weighted by Gasteiger charge is 2.04. The maximum absolute atomic E-state index is 6.04. The number of hydrogen-bond acceptors (Lipinski definition) is 5. The second-order valence-electron chi connectivity index (χ2n) is 4.07. The molecular weight excluding hydrogens is 314 g/mol. The van der Waals surface area contributed by atoms with Crippen molar-refractivity contribution < 1.29 is 18.9 Å². The summed E-state index contributed by atoms with van der Waals surface area (Å²) < 4.78 is 21.0. The first-order chi connectivity index (χ1) is 10.1. The average Bonchev–Trinajstić information content (AvgIpc) is 2.45. The van der Waals surface area contributed by atoms with Gasteiger partial charge in [0, 0.05) is 12.7 Å². The van der Waals surface area contributed by atoms with E-state index in [1.165, 1.54) is 0 Å². The van der Waals surface area contributed by atoms with Crippen molar-refractivity contribution in [1.29, 1.82) is 0 Å². The molecule has 0 amide bonds. The van der Waals surface area contributed by atoms with E-state index in [-0.39, 0.29) is 4.99 Å². The summed E-state index contributed by atoms with van der Waals surface area (Å²) in [7, 11) is 1.64. The van der Waals surface area contributed by atoms with Crippen LogP contribution in [0.15, 0.2) is 18.2 Å². The number of methoxy groups -OCH3 is 1. The SMILES string of the molecule is COCCOCCOCCOc1ccc(C(N)=S)c(Cl)c1. The van der Waals surface area contributed by atoms with Gasteiger partial charge in [-0.2, -0.15) is 0 Å². The van der Waals surface area contributed by atoms with E-state index in [1.807, 2.05) is 0 Å². The van der Waals surface area contributed by atoms with E-state index in [1.54, 1.807) is 25.3 Å². The third kappa shape index (κ3) is 7.59. The van der Waals surface area contributed by atoms with E-state index >= 15 is 0 Å². The number of hydrogen-bond donors (Lipinski definition) is 1. The molecule has 2 N–H and O–H groups in total. The van der Waals surface area contributed by atoms with E-state index in [2.05, 4.69) is 0 Å². The predicted octanol–water partition coefficient (Wildman–Crippen LogP) is 2.03. The van der Waals surface area contributed by atoms with Crippen LogP contribution in [0.4, 0.5) is 0 Å². The molecule has 0 saturated carbocycles. The highest BCUT2D eigenvalue weighted by molar-refractivity contribution is 7.80. The molecule has 21 heavy (non-hydrogen) atoms. The molecule has 0 aliphatic rings. The Labute approximate surface area is 135 Å². The summed E-state index contributed by atoms with van der Waals surface area (Å²) in [6.07, 6.45) is 0. The molecule has 0 saturated heterocycles. The van der Waals surface area contributed by atoms with Crippen LogP contribution in [0.1, 0.15) is 5.56 Å². The summed E-state index contributed by atoms with van der Waals surface area (Å²) in [5.74, 6) is 0.653. The number of halogens is 1. The van der Waals surface area contributed by atoms with Gasteiger partial charge in [0.25, 0.3) is 0 Å². The van der Waals surface area contributed by atoms with Gasteiger partial charge in [-0.1, -0.05) is 23.8 Å². The smallest absolute Gasteiger partial charge is 0.120 e. The summed E-state index contributed by atoms with van der Waals surface area (Å²) in [4.78, 5) is 0.267. The molecule has 0 radical (unpaired) electrons. The molecule has 0 heterocycles. The standard InChI is InChI=1S/C14H20ClNO4S/c1-17-4-5-18-6-7-19-8-9-20-11-2-3-12(14(16)21)13(15)10-11/h2-3,10H,4-9H2,1H3,(H2,16,21). The quantitative estimate of drug-likeness (QED) is 0.494. The molecule has 0 aliphatic carbocycles. The maximum Gasteiger partial charge on any atom is 0.120 e. The first-order valence-electron chi connectivity index (χ1n) is 6.51. The van der Waals surface area contributed by atoms with Gasteiger partial charge in [0.2, 0.25) is 0 Å². The summed E-state index contributed by atoms with van der Waals surface area (Å²) in [5, 5.41) is 0.479. The van der Waals surface area contributed by atoms with E-state index in [0.717, 1.165) is 0 Å². The average molecular weight is 334 g/mol. The van der Waals surface area contributed by atoms with E-state index in [4.69, 9.17) is 48.5 Å². The van der Waals surface area contributed by atoms with Gasteiger partial charge in [-0.25, -0.2) is 0 Å². The fraction of sp³-hybridized carbons (Fsp3) is 0.500. The first kappa shape index (κ1) is 18.1. The molecule has 0 unspecified atom stereocenters. The van der Waals surface area contributed by atoms with Crippen LogP contribution < -0.4 is 10.5 Å². The van der Waals surface area contributed by atoms with E-state index in [0.29, 0.717) is 56.0 Å². The summed E-state index contributed by atoms with van der Waals surface area (Å²) in [6, 6.07) is 5.20. The van der Waals surface area contributed by atoms with Crippen LogP contribution in [-0.2, 0) is 14.2 Å². The highest BCUT2D eigenvalue weighted by Crippen LogP contribution is 2.22. The van der Waals surface area contributed by atoms with Gasteiger partial charge < -0.3 is 24.7 Å². The Hall–Kier alpha value is -0.920. The van der Waals surface area contributed by atoms with Gasteiger partial charge in [-0.3, -0.25) is 0 Å². The molecule has 1 rings (SSSR count). The highest BCUT2D eigenvalue weighted by atomic mass is 35.5. The topological polar surface area (TPSA) is 62.9 Å². The number of nitrogens with two attached hydrogens (primary N) is 1. The minimum absolute atomic E-state index is 0.267. The van der Waals surface area contributed by atoms with Crippen molar-refractivity contribution in [1.82, 2.24) is 0 Å².